The average molecular weight is 401 g/mol. The van der Waals surface area contributed by atoms with Crippen LogP contribution in [0.25, 0.3) is 0 Å². The Bertz CT molecular complexity index is 757. The summed E-state index contributed by atoms with van der Waals surface area (Å²) in [5.41, 5.74) is 1.01. The lowest BCUT2D eigenvalue weighted by atomic mass is 10.2. The molecule has 2 rings (SSSR count). The molecule has 2 aromatic rings. The van der Waals surface area contributed by atoms with Gasteiger partial charge in [0.05, 0.1) is 10.5 Å². The summed E-state index contributed by atoms with van der Waals surface area (Å²) in [7, 11) is -3.29. The molecule has 0 radical (unpaired) electrons. The third-order valence-electron chi connectivity index (χ3n) is 2.64. The maximum Gasteiger partial charge on any atom is 0.256 e. The Morgan fingerprint density at radius 1 is 1.10 bits per heavy atom. The van der Waals surface area contributed by atoms with E-state index in [2.05, 4.69) is 27.9 Å². The number of carbonyl (C=O) groups is 1. The molecule has 1 amide bonds. The van der Waals surface area contributed by atoms with Crippen molar-refractivity contribution in [1.29, 1.82) is 0 Å². The highest BCUT2D eigenvalue weighted by molar-refractivity contribution is 14.1. The smallest absolute Gasteiger partial charge is 0.256 e. The van der Waals surface area contributed by atoms with Gasteiger partial charge in [0.25, 0.3) is 5.91 Å². The van der Waals surface area contributed by atoms with Gasteiger partial charge in [-0.2, -0.15) is 0 Å². The molecule has 20 heavy (non-hydrogen) atoms. The number of rotatable bonds is 3. The first-order chi connectivity index (χ1) is 9.38. The van der Waals surface area contributed by atoms with Crippen molar-refractivity contribution in [3.8, 4) is 0 Å². The fourth-order valence-electron chi connectivity index (χ4n) is 1.65. The van der Waals surface area contributed by atoms with Crippen LogP contribution in [-0.2, 0) is 9.84 Å². The second-order valence-corrected chi connectivity index (χ2v) is 7.41. The molecule has 0 saturated heterocycles. The van der Waals surface area contributed by atoms with Gasteiger partial charge in [-0.05, 0) is 52.9 Å². The van der Waals surface area contributed by atoms with Gasteiger partial charge < -0.3 is 5.32 Å². The van der Waals surface area contributed by atoms with E-state index in [0.717, 1.165) is 9.83 Å². The molecule has 2 aromatic carbocycles. The second-order valence-electron chi connectivity index (χ2n) is 4.23. The maximum atomic E-state index is 12.1. The molecule has 0 aliphatic heterocycles. The zero-order valence-electron chi connectivity index (χ0n) is 10.6. The van der Waals surface area contributed by atoms with Crippen LogP contribution in [0.3, 0.4) is 0 Å². The summed E-state index contributed by atoms with van der Waals surface area (Å²) in [5.74, 6) is -0.263. The van der Waals surface area contributed by atoms with Crippen molar-refractivity contribution >= 4 is 44.0 Å². The van der Waals surface area contributed by atoms with Gasteiger partial charge in [-0.25, -0.2) is 8.42 Å². The fourth-order valence-corrected chi connectivity index (χ4v) is 2.95. The third-order valence-corrected chi connectivity index (χ3v) is 4.69. The lowest BCUT2D eigenvalue weighted by molar-refractivity contribution is 0.102. The Labute approximate surface area is 131 Å². The molecule has 6 heteroatoms. The fraction of sp³-hybridized carbons (Fsp3) is 0.0714. The van der Waals surface area contributed by atoms with Gasteiger partial charge in [0.2, 0.25) is 0 Å². The number of benzene rings is 2. The number of anilines is 1. The molecule has 0 aromatic heterocycles. The van der Waals surface area contributed by atoms with E-state index >= 15 is 0 Å². The highest BCUT2D eigenvalue weighted by Gasteiger charge is 2.11. The number of amides is 1. The highest BCUT2D eigenvalue weighted by atomic mass is 127. The number of carbonyl (C=O) groups excluding carboxylic acids is 1. The van der Waals surface area contributed by atoms with Crippen LogP contribution in [0.5, 0.6) is 0 Å². The van der Waals surface area contributed by atoms with Gasteiger partial charge in [0.15, 0.2) is 9.84 Å². The van der Waals surface area contributed by atoms with Crippen LogP contribution in [0, 0.1) is 3.57 Å². The van der Waals surface area contributed by atoms with Gasteiger partial charge >= 0.3 is 0 Å². The van der Waals surface area contributed by atoms with Crippen LogP contribution in [0.2, 0.25) is 0 Å². The van der Waals surface area contributed by atoms with E-state index in [1.807, 2.05) is 12.1 Å². The molecular weight excluding hydrogens is 389 g/mol. The first-order valence-corrected chi connectivity index (χ1v) is 8.71. The predicted molar refractivity (Wildman–Crippen MR) is 86.7 cm³/mol. The van der Waals surface area contributed by atoms with Gasteiger partial charge in [-0.1, -0.05) is 18.2 Å². The summed E-state index contributed by atoms with van der Waals surface area (Å²) in [4.78, 5) is 12.3. The van der Waals surface area contributed by atoms with Crippen molar-refractivity contribution in [3.63, 3.8) is 0 Å². The monoisotopic (exact) mass is 401 g/mol. The molecule has 0 heterocycles. The minimum atomic E-state index is -3.29. The van der Waals surface area contributed by atoms with Gasteiger partial charge in [0.1, 0.15) is 0 Å². The minimum Gasteiger partial charge on any atom is -0.322 e. The zero-order chi connectivity index (χ0) is 14.8. The summed E-state index contributed by atoms with van der Waals surface area (Å²) >= 11 is 2.08. The van der Waals surface area contributed by atoms with Crippen molar-refractivity contribution in [2.45, 2.75) is 4.90 Å². The molecule has 104 valence electrons. The molecule has 0 fully saturated rings. The summed E-state index contributed by atoms with van der Waals surface area (Å²) in [6.07, 6.45) is 1.13. The Kier molecular flexibility index (Phi) is 4.44. The maximum absolute atomic E-state index is 12.1. The molecule has 0 aliphatic carbocycles. The normalized spacial score (nSPS) is 11.1. The average Bonchev–Trinajstić information content (AvgIpc) is 2.38. The molecule has 0 unspecified atom stereocenters. The van der Waals surface area contributed by atoms with Crippen LogP contribution >= 0.6 is 22.6 Å². The molecule has 4 nitrogen and oxygen atoms in total. The van der Waals surface area contributed by atoms with Crippen molar-refractivity contribution in [2.24, 2.45) is 0 Å². The lowest BCUT2D eigenvalue weighted by Gasteiger charge is -2.08. The molecule has 0 aliphatic rings. The van der Waals surface area contributed by atoms with E-state index < -0.39 is 9.84 Å². The van der Waals surface area contributed by atoms with E-state index in [4.69, 9.17) is 0 Å². The predicted octanol–water partition coefficient (Wildman–Crippen LogP) is 2.95. The molecule has 1 N–H and O–H groups in total. The molecule has 0 bridgehead atoms. The van der Waals surface area contributed by atoms with Crippen LogP contribution in [0.15, 0.2) is 53.4 Å². The zero-order valence-corrected chi connectivity index (χ0v) is 13.6. The van der Waals surface area contributed by atoms with E-state index in [0.29, 0.717) is 11.3 Å². The first-order valence-electron chi connectivity index (χ1n) is 5.74. The Morgan fingerprint density at radius 3 is 2.45 bits per heavy atom. The topological polar surface area (TPSA) is 63.2 Å². The summed E-state index contributed by atoms with van der Waals surface area (Å²) in [6, 6.07) is 13.4. The first kappa shape index (κ1) is 15.0. The van der Waals surface area contributed by atoms with Crippen LogP contribution in [0.4, 0.5) is 5.69 Å². The van der Waals surface area contributed by atoms with E-state index in [9.17, 15) is 13.2 Å². The van der Waals surface area contributed by atoms with Crippen molar-refractivity contribution in [1.82, 2.24) is 0 Å². The minimum absolute atomic E-state index is 0.179. The lowest BCUT2D eigenvalue weighted by Crippen LogP contribution is -2.13. The molecule has 0 saturated carbocycles. The highest BCUT2D eigenvalue weighted by Crippen LogP contribution is 2.18. The van der Waals surface area contributed by atoms with E-state index in [1.54, 1.807) is 24.3 Å². The van der Waals surface area contributed by atoms with E-state index in [-0.39, 0.29) is 10.8 Å². The number of sulfone groups is 1. The quantitative estimate of drug-likeness (QED) is 0.805. The number of hydrogen-bond acceptors (Lipinski definition) is 3. The Hall–Kier alpha value is -1.41. The van der Waals surface area contributed by atoms with Gasteiger partial charge in [-0.3, -0.25) is 4.79 Å². The Morgan fingerprint density at radius 2 is 1.80 bits per heavy atom. The largest absolute Gasteiger partial charge is 0.322 e. The summed E-state index contributed by atoms with van der Waals surface area (Å²) in [6.45, 7) is 0. The SMILES string of the molecule is CS(=O)(=O)c1cccc(NC(=O)c2ccccc2I)c1. The van der Waals surface area contributed by atoms with Crippen molar-refractivity contribution in [2.75, 3.05) is 11.6 Å². The Balaban J connectivity index is 2.27. The number of hydrogen-bond donors (Lipinski definition) is 1. The van der Waals surface area contributed by atoms with Crippen LogP contribution < -0.4 is 5.32 Å². The number of halogens is 1. The summed E-state index contributed by atoms with van der Waals surface area (Å²) < 4.78 is 23.8. The standard InChI is InChI=1S/C14H12INO3S/c1-20(18,19)11-6-4-5-10(9-11)16-14(17)12-7-2-3-8-13(12)15/h2-9H,1H3,(H,16,17). The molecular formula is C14H12INO3S. The summed E-state index contributed by atoms with van der Waals surface area (Å²) in [5, 5.41) is 2.70. The number of nitrogens with one attached hydrogen (secondary N) is 1. The van der Waals surface area contributed by atoms with Crippen LogP contribution in [-0.4, -0.2) is 20.6 Å². The van der Waals surface area contributed by atoms with E-state index in [1.165, 1.54) is 12.1 Å². The molecule has 0 spiro atoms. The molecule has 0 atom stereocenters. The van der Waals surface area contributed by atoms with Crippen molar-refractivity contribution in [3.05, 3.63) is 57.7 Å². The van der Waals surface area contributed by atoms with Crippen LogP contribution in [0.1, 0.15) is 10.4 Å². The third kappa shape index (κ3) is 3.57. The second kappa shape index (κ2) is 5.92. The van der Waals surface area contributed by atoms with Gasteiger partial charge in [-0.15, -0.1) is 0 Å². The van der Waals surface area contributed by atoms with Crippen molar-refractivity contribution < 1.29 is 13.2 Å². The van der Waals surface area contributed by atoms with Gasteiger partial charge in [0, 0.05) is 15.5 Å².